The van der Waals surface area contributed by atoms with E-state index in [9.17, 15) is 34.8 Å². The number of thioether (sulfide) groups is 1. The van der Waals surface area contributed by atoms with Crippen LogP contribution in [0.15, 0.2) is 53.3 Å². The number of carboxylic acid groups (broad SMARTS) is 1. The van der Waals surface area contributed by atoms with Gasteiger partial charge in [0, 0.05) is 17.4 Å². The zero-order valence-corrected chi connectivity index (χ0v) is 23.8. The van der Waals surface area contributed by atoms with Gasteiger partial charge >= 0.3 is 11.8 Å². The Morgan fingerprint density at radius 3 is 2.55 bits per heavy atom. The van der Waals surface area contributed by atoms with Gasteiger partial charge in [0.05, 0.1) is 25.7 Å². The summed E-state index contributed by atoms with van der Waals surface area (Å²) < 4.78 is 11.2. The molecule has 0 saturated carbocycles. The first-order valence-electron chi connectivity index (χ1n) is 12.7. The van der Waals surface area contributed by atoms with E-state index in [1.807, 2.05) is 24.4 Å². The summed E-state index contributed by atoms with van der Waals surface area (Å²) in [5.41, 5.74) is 1.26. The van der Waals surface area contributed by atoms with Crippen molar-refractivity contribution in [2.24, 2.45) is 0 Å². The monoisotopic (exact) mass is 594 g/mol. The van der Waals surface area contributed by atoms with Crippen molar-refractivity contribution in [3.05, 3.63) is 58.9 Å². The molecule has 1 aliphatic heterocycles. The predicted molar refractivity (Wildman–Crippen MR) is 151 cm³/mol. The molecule has 6 N–H and O–H groups in total. The van der Waals surface area contributed by atoms with Gasteiger partial charge in [0.15, 0.2) is 11.5 Å². The van der Waals surface area contributed by atoms with Crippen LogP contribution in [0.5, 0.6) is 0 Å². The number of aliphatic hydroxyl groups is 3. The summed E-state index contributed by atoms with van der Waals surface area (Å²) in [4.78, 5) is 37.7. The van der Waals surface area contributed by atoms with E-state index in [4.69, 9.17) is 9.47 Å². The smallest absolute Gasteiger partial charge is 0.377 e. The number of thiophene rings is 1. The Morgan fingerprint density at radius 2 is 1.95 bits per heavy atom. The number of hydrogen-bond acceptors (Lipinski definition) is 10. The molecule has 4 atom stereocenters. The molecule has 1 unspecified atom stereocenters. The second-order valence-electron chi connectivity index (χ2n) is 9.04. The molecule has 218 valence electrons. The van der Waals surface area contributed by atoms with Gasteiger partial charge in [-0.25, -0.2) is 4.79 Å². The van der Waals surface area contributed by atoms with Crippen LogP contribution in [0.4, 0.5) is 0 Å². The number of ether oxygens (including phenoxy) is 2. The highest BCUT2D eigenvalue weighted by Crippen LogP contribution is 2.35. The van der Waals surface area contributed by atoms with E-state index in [2.05, 4.69) is 10.6 Å². The predicted octanol–water partition coefficient (Wildman–Crippen LogP) is 2.50. The van der Waals surface area contributed by atoms with Crippen LogP contribution in [0.2, 0.25) is 0 Å². The number of rotatable bonds is 13. The number of hydrogen-bond donors (Lipinski definition) is 6. The Kier molecular flexibility index (Phi) is 11.4. The van der Waals surface area contributed by atoms with E-state index in [-0.39, 0.29) is 6.61 Å². The molecule has 1 aliphatic rings. The molecule has 1 aromatic carbocycles. The first-order chi connectivity index (χ1) is 19.1. The van der Waals surface area contributed by atoms with Crippen LogP contribution in [0.3, 0.4) is 0 Å². The van der Waals surface area contributed by atoms with Crippen molar-refractivity contribution in [1.29, 1.82) is 0 Å². The highest BCUT2D eigenvalue weighted by Gasteiger charge is 2.53. The topological polar surface area (TPSA) is 175 Å². The number of aliphatic carboxylic acids is 1. The lowest BCUT2D eigenvalue weighted by Crippen LogP contribution is -2.59. The molecule has 1 aromatic heterocycles. The minimum Gasteiger partial charge on any atom is -0.506 e. The summed E-state index contributed by atoms with van der Waals surface area (Å²) >= 11 is 3.21. The minimum atomic E-state index is -2.36. The Morgan fingerprint density at radius 1 is 1.23 bits per heavy atom. The third kappa shape index (κ3) is 7.98. The Labute approximate surface area is 240 Å². The lowest BCUT2D eigenvalue weighted by Gasteiger charge is -2.42. The van der Waals surface area contributed by atoms with Gasteiger partial charge in [-0.05, 0) is 47.1 Å². The third-order valence-corrected chi connectivity index (χ3v) is 7.96. The molecule has 0 aliphatic carbocycles. The zero-order valence-electron chi connectivity index (χ0n) is 22.2. The van der Waals surface area contributed by atoms with Gasteiger partial charge < -0.3 is 40.5 Å². The standard InChI is InChI=1S/C27H34N2O9S2/c1-3-39-12-5-11-37-27(26(35)36)14-19(31)22(29-16(2)30)24(38-27)23(33)20(32)15-28-25(34)18-9-7-17(8-10-18)21-6-4-13-40-21/h4,6-10,13,19-20,22,31-33H,3,5,11-12,14-15H2,1-2H3,(H,28,34)(H,29,30)(H,35,36)/b24-23+/t19?,20-,22-,27-/m1/s1. The number of nitrogens with one attached hydrogen (secondary N) is 2. The van der Waals surface area contributed by atoms with Crippen molar-refractivity contribution in [3.63, 3.8) is 0 Å². The van der Waals surface area contributed by atoms with Crippen LogP contribution >= 0.6 is 23.1 Å². The molecule has 2 heterocycles. The summed E-state index contributed by atoms with van der Waals surface area (Å²) in [5, 5.41) is 49.1. The van der Waals surface area contributed by atoms with Crippen molar-refractivity contribution >= 4 is 40.9 Å². The molecule has 1 saturated heterocycles. The van der Waals surface area contributed by atoms with Gasteiger partial charge in [-0.15, -0.1) is 11.3 Å². The zero-order chi connectivity index (χ0) is 29.3. The fourth-order valence-corrected chi connectivity index (χ4v) is 5.39. The van der Waals surface area contributed by atoms with Crippen molar-refractivity contribution in [2.45, 2.75) is 50.7 Å². The molecule has 0 radical (unpaired) electrons. The van der Waals surface area contributed by atoms with E-state index in [0.717, 1.165) is 16.2 Å². The Hall–Kier alpha value is -3.10. The van der Waals surface area contributed by atoms with Gasteiger partial charge in [-0.2, -0.15) is 11.8 Å². The van der Waals surface area contributed by atoms with Crippen molar-refractivity contribution in [1.82, 2.24) is 10.6 Å². The Bertz CT molecular complexity index is 1190. The molecule has 40 heavy (non-hydrogen) atoms. The van der Waals surface area contributed by atoms with Crippen LogP contribution < -0.4 is 10.6 Å². The number of aliphatic hydroxyl groups excluding tert-OH is 3. The van der Waals surface area contributed by atoms with Gasteiger partial charge in [0.2, 0.25) is 5.91 Å². The summed E-state index contributed by atoms with van der Waals surface area (Å²) in [5.74, 6) is -4.85. The highest BCUT2D eigenvalue weighted by molar-refractivity contribution is 7.99. The Balaban J connectivity index is 1.75. The second-order valence-corrected chi connectivity index (χ2v) is 11.4. The second kappa shape index (κ2) is 14.5. The molecular weight excluding hydrogens is 560 g/mol. The number of carbonyl (C=O) groups excluding carboxylic acids is 2. The van der Waals surface area contributed by atoms with Crippen molar-refractivity contribution < 1.29 is 44.3 Å². The van der Waals surface area contributed by atoms with Crippen molar-refractivity contribution in [3.8, 4) is 10.4 Å². The number of benzene rings is 1. The fourth-order valence-electron chi connectivity index (χ4n) is 4.05. The molecule has 2 aromatic rings. The summed E-state index contributed by atoms with van der Waals surface area (Å²) in [6.45, 7) is 2.68. The maximum absolute atomic E-state index is 12.6. The van der Waals surface area contributed by atoms with Crippen LogP contribution in [-0.4, -0.2) is 86.9 Å². The van der Waals surface area contributed by atoms with Crippen molar-refractivity contribution in [2.75, 3.05) is 24.7 Å². The van der Waals surface area contributed by atoms with Gasteiger partial charge in [-0.3, -0.25) is 9.59 Å². The van der Waals surface area contributed by atoms with E-state index < -0.39 is 66.3 Å². The SMILES string of the molecule is CCSCCCO[C@]1(C(=O)O)CC(O)[C@@H](NC(C)=O)/C(=C(\O)[C@H](O)CNC(=O)c2ccc(-c3cccs3)cc2)O1. The van der Waals surface area contributed by atoms with Crippen LogP contribution in [-0.2, 0) is 19.1 Å². The van der Waals surface area contributed by atoms with Gasteiger partial charge in [0.1, 0.15) is 12.1 Å². The van der Waals surface area contributed by atoms with Gasteiger partial charge in [0.25, 0.3) is 5.91 Å². The average molecular weight is 595 g/mol. The summed E-state index contributed by atoms with van der Waals surface area (Å²) in [7, 11) is 0. The number of carbonyl (C=O) groups is 3. The molecule has 2 amide bonds. The highest BCUT2D eigenvalue weighted by atomic mass is 32.2. The molecule has 3 rings (SSSR count). The third-order valence-electron chi connectivity index (χ3n) is 6.05. The lowest BCUT2D eigenvalue weighted by atomic mass is 9.94. The summed E-state index contributed by atoms with van der Waals surface area (Å²) in [6, 6.07) is 9.35. The maximum Gasteiger partial charge on any atom is 0.377 e. The van der Waals surface area contributed by atoms with Gasteiger partial charge in [-0.1, -0.05) is 25.1 Å². The lowest BCUT2D eigenvalue weighted by molar-refractivity contribution is -0.257. The molecule has 1 fully saturated rings. The molecular formula is C27H34N2O9S2. The normalized spacial score (nSPS) is 22.6. The van der Waals surface area contributed by atoms with E-state index >= 15 is 0 Å². The van der Waals surface area contributed by atoms with E-state index in [1.54, 1.807) is 47.4 Å². The number of carboxylic acids is 1. The first-order valence-corrected chi connectivity index (χ1v) is 14.7. The van der Waals surface area contributed by atoms with Crippen LogP contribution in [0.1, 0.15) is 37.0 Å². The maximum atomic E-state index is 12.6. The molecule has 0 spiro atoms. The fraction of sp³-hybridized carbons (Fsp3) is 0.444. The average Bonchev–Trinajstić information content (AvgIpc) is 3.47. The van der Waals surface area contributed by atoms with E-state index in [0.29, 0.717) is 17.7 Å². The quantitative estimate of drug-likeness (QED) is 0.149. The number of amides is 2. The molecule has 13 heteroatoms. The van der Waals surface area contributed by atoms with E-state index in [1.165, 1.54) is 6.92 Å². The largest absolute Gasteiger partial charge is 0.506 e. The first kappa shape index (κ1) is 31.4. The molecule has 0 bridgehead atoms. The molecule has 11 nitrogen and oxygen atoms in total. The van der Waals surface area contributed by atoms with Crippen LogP contribution in [0.25, 0.3) is 10.4 Å². The summed E-state index contributed by atoms with van der Waals surface area (Å²) in [6.07, 6.45) is -3.31. The minimum absolute atomic E-state index is 0.00521. The van der Waals surface area contributed by atoms with Crippen LogP contribution in [0, 0.1) is 0 Å².